The minimum absolute atomic E-state index is 0.520. The third-order valence-electron chi connectivity index (χ3n) is 4.57. The quantitative estimate of drug-likeness (QED) is 0.589. The summed E-state index contributed by atoms with van der Waals surface area (Å²) in [6.07, 6.45) is 0. The van der Waals surface area contributed by atoms with Crippen molar-refractivity contribution in [1.82, 2.24) is 0 Å². The highest BCUT2D eigenvalue weighted by molar-refractivity contribution is 8.05. The van der Waals surface area contributed by atoms with Crippen LogP contribution < -0.4 is 19.2 Å². The van der Waals surface area contributed by atoms with Gasteiger partial charge in [0.25, 0.3) is 0 Å². The van der Waals surface area contributed by atoms with Crippen molar-refractivity contribution in [3.05, 3.63) is 97.7 Å². The van der Waals surface area contributed by atoms with E-state index in [0.29, 0.717) is 14.4 Å². The lowest BCUT2D eigenvalue weighted by atomic mass is 9.91. The molecular formula is C21H16Cl2O4S. The van der Waals surface area contributed by atoms with E-state index in [2.05, 4.69) is 12.1 Å². The number of hydrogen-bond acceptors (Lipinski definition) is 4. The van der Waals surface area contributed by atoms with Crippen LogP contribution in [0.3, 0.4) is 0 Å². The van der Waals surface area contributed by atoms with Crippen molar-refractivity contribution in [3.63, 3.8) is 0 Å². The lowest BCUT2D eigenvalue weighted by Crippen LogP contribution is -2.60. The Labute approximate surface area is 172 Å². The van der Waals surface area contributed by atoms with E-state index in [1.807, 2.05) is 32.0 Å². The summed E-state index contributed by atoms with van der Waals surface area (Å²) < 4.78 is 39.8. The summed E-state index contributed by atoms with van der Waals surface area (Å²) in [5.41, 5.74) is 4.99. The number of rotatable bonds is 3. The van der Waals surface area contributed by atoms with Gasteiger partial charge in [-0.15, -0.1) is 0 Å². The highest BCUT2D eigenvalue weighted by Crippen LogP contribution is 2.42. The molecule has 0 fully saturated rings. The molecule has 0 aromatic heterocycles. The molecule has 144 valence electrons. The maximum atomic E-state index is 11.4. The van der Waals surface area contributed by atoms with Gasteiger partial charge in [-0.2, -0.15) is 14.0 Å². The van der Waals surface area contributed by atoms with E-state index in [1.54, 1.807) is 30.3 Å². The maximum absolute atomic E-state index is 11.4. The average molecular weight is 435 g/mol. The van der Waals surface area contributed by atoms with Gasteiger partial charge < -0.3 is 0 Å². The summed E-state index contributed by atoms with van der Waals surface area (Å²) >= 11 is 6.28. The van der Waals surface area contributed by atoms with Crippen molar-refractivity contribution in [3.8, 4) is 0 Å². The summed E-state index contributed by atoms with van der Waals surface area (Å²) in [6, 6.07) is 18.8. The number of fused-ring (bicyclic) bond motifs is 2. The maximum Gasteiger partial charge on any atom is 0.148 e. The molecule has 1 unspecified atom stereocenters. The molecular weight excluding hydrogens is 419 g/mol. The van der Waals surface area contributed by atoms with Crippen LogP contribution in [0, 0.1) is 28.6 Å². The van der Waals surface area contributed by atoms with Crippen LogP contribution in [0.2, 0.25) is 5.02 Å². The normalized spacial score (nSPS) is 15.9. The lowest BCUT2D eigenvalue weighted by molar-refractivity contribution is -1.91. The lowest BCUT2D eigenvalue weighted by Gasteiger charge is -2.22. The molecule has 3 aromatic rings. The Balaban J connectivity index is 2.22. The third kappa shape index (κ3) is 3.63. The predicted octanol–water partition coefficient (Wildman–Crippen LogP) is 1.93. The Hall–Kier alpha value is -1.70. The van der Waals surface area contributed by atoms with Crippen LogP contribution in [0.5, 0.6) is 0 Å². The van der Waals surface area contributed by atoms with Crippen molar-refractivity contribution in [2.45, 2.75) is 18.7 Å². The summed E-state index contributed by atoms with van der Waals surface area (Å²) in [5.74, 6) is 0. The first-order valence-electron chi connectivity index (χ1n) is 8.43. The van der Waals surface area contributed by atoms with Gasteiger partial charge in [0.2, 0.25) is 0 Å². The number of hydrogen-bond donors (Lipinski definition) is 0. The van der Waals surface area contributed by atoms with Crippen molar-refractivity contribution in [1.29, 1.82) is 0 Å². The van der Waals surface area contributed by atoms with Gasteiger partial charge in [-0.25, -0.2) is 0 Å². The summed E-state index contributed by atoms with van der Waals surface area (Å²) in [5, 5.41) is 1.29. The number of halogens is 2. The van der Waals surface area contributed by atoms with Gasteiger partial charge in [0.05, 0.1) is 19.6 Å². The highest BCUT2D eigenvalue weighted by Gasteiger charge is 2.30. The zero-order chi connectivity index (χ0) is 20.1. The zero-order valence-electron chi connectivity index (χ0n) is 15.1. The van der Waals surface area contributed by atoms with E-state index in [0.717, 1.165) is 33.0 Å². The van der Waals surface area contributed by atoms with Crippen molar-refractivity contribution in [2.75, 3.05) is 0 Å². The first-order chi connectivity index (χ1) is 13.2. The molecule has 0 radical (unpaired) electrons. The monoisotopic (exact) mass is 434 g/mol. The van der Waals surface area contributed by atoms with Gasteiger partial charge in [-0.05, 0) is 60.4 Å². The molecule has 4 nitrogen and oxygen atoms in total. The van der Waals surface area contributed by atoms with E-state index in [4.69, 9.17) is 15.3 Å². The predicted molar refractivity (Wildman–Crippen MR) is 101 cm³/mol. The summed E-state index contributed by atoms with van der Waals surface area (Å²) in [7, 11) is -5.97. The molecule has 28 heavy (non-hydrogen) atoms. The summed E-state index contributed by atoms with van der Waals surface area (Å²) in [4.78, 5) is 0.653. The second-order valence-electron chi connectivity index (χ2n) is 6.54. The van der Waals surface area contributed by atoms with E-state index >= 15 is 0 Å². The first kappa shape index (κ1) is 19.6. The summed E-state index contributed by atoms with van der Waals surface area (Å²) in [6.45, 7) is 4.05. The fourth-order valence-corrected chi connectivity index (χ4v) is 6.09. The van der Waals surface area contributed by atoms with Gasteiger partial charge in [0, 0.05) is 10.2 Å². The van der Waals surface area contributed by atoms with Crippen LogP contribution in [0.4, 0.5) is 0 Å². The van der Waals surface area contributed by atoms with E-state index in [9.17, 15) is 14.0 Å². The Morgan fingerprint density at radius 1 is 0.893 bits per heavy atom. The molecule has 1 heterocycles. The molecule has 4 rings (SSSR count). The SMILES string of the molecule is Cc1ccc(C)c(C2=c3cc(Cl)ccc3=S(O[Cl+3]([O-])([O-])[O-])c3ccccc32)c1. The van der Waals surface area contributed by atoms with Gasteiger partial charge in [0.1, 0.15) is 14.5 Å². The van der Waals surface area contributed by atoms with Gasteiger partial charge in [-0.3, -0.25) is 0 Å². The topological polar surface area (TPSA) is 78.4 Å². The molecule has 0 amide bonds. The van der Waals surface area contributed by atoms with Crippen LogP contribution in [0.15, 0.2) is 65.6 Å². The molecule has 7 heteroatoms. The van der Waals surface area contributed by atoms with Gasteiger partial charge in [-0.1, -0.05) is 53.6 Å². The molecule has 1 atom stereocenters. The second-order valence-corrected chi connectivity index (χ2v) is 9.65. The van der Waals surface area contributed by atoms with Crippen LogP contribution in [-0.2, 0) is 3.74 Å². The van der Waals surface area contributed by atoms with Crippen LogP contribution in [0.25, 0.3) is 5.57 Å². The Morgan fingerprint density at radius 3 is 2.39 bits per heavy atom. The highest BCUT2D eigenvalue weighted by atomic mass is 35.7. The Morgan fingerprint density at radius 2 is 1.64 bits per heavy atom. The van der Waals surface area contributed by atoms with Crippen molar-refractivity contribution in [2.24, 2.45) is 0 Å². The largest absolute Gasteiger partial charge is 0.182 e. The molecule has 0 bridgehead atoms. The fraction of sp³-hybridized carbons (Fsp3) is 0.0952. The minimum Gasteiger partial charge on any atom is -0.182 e. The molecule has 0 saturated heterocycles. The fourth-order valence-electron chi connectivity index (χ4n) is 3.40. The smallest absolute Gasteiger partial charge is 0.148 e. The minimum atomic E-state index is -4.60. The standard InChI is InChI=1S/C21H16Cl2O4S/c1-13-7-8-14(2)17(11-13)21-16-5-3-4-6-19(16)28(27-23(24,25)26)20-10-9-15(22)12-18(20)21/h3-12H,1-2H3. The van der Waals surface area contributed by atoms with Crippen LogP contribution in [0.1, 0.15) is 22.3 Å². The Kier molecular flexibility index (Phi) is 5.10. The van der Waals surface area contributed by atoms with Crippen molar-refractivity contribution >= 4 is 27.9 Å². The van der Waals surface area contributed by atoms with Gasteiger partial charge >= 0.3 is 0 Å². The molecule has 3 aromatic carbocycles. The zero-order valence-corrected chi connectivity index (χ0v) is 17.4. The second kappa shape index (κ2) is 7.28. The third-order valence-corrected chi connectivity index (χ3v) is 7.44. The first-order valence-corrected chi connectivity index (χ1v) is 11.2. The molecule has 0 aliphatic carbocycles. The average Bonchev–Trinajstić information content (AvgIpc) is 2.63. The van der Waals surface area contributed by atoms with Crippen LogP contribution >= 0.6 is 22.4 Å². The van der Waals surface area contributed by atoms with Crippen LogP contribution in [-0.4, -0.2) is 0 Å². The molecule has 0 N–H and O–H groups in total. The van der Waals surface area contributed by atoms with E-state index < -0.39 is 21.0 Å². The molecule has 0 saturated carbocycles. The Bertz CT molecular complexity index is 1220. The van der Waals surface area contributed by atoms with E-state index in [-0.39, 0.29) is 0 Å². The number of aryl methyl sites for hydroxylation is 2. The number of benzene rings is 3. The van der Waals surface area contributed by atoms with Gasteiger partial charge in [0.15, 0.2) is 0 Å². The van der Waals surface area contributed by atoms with E-state index in [1.165, 1.54) is 0 Å². The molecule has 0 spiro atoms. The molecule has 1 aliphatic heterocycles. The molecule has 1 aliphatic rings. The van der Waals surface area contributed by atoms with Crippen molar-refractivity contribution < 1.29 is 28.0 Å².